The molecule has 3 rings (SSSR count). The number of hydrogen-bond donors (Lipinski definition) is 0. The first kappa shape index (κ1) is 17.6. The van der Waals surface area contributed by atoms with Crippen molar-refractivity contribution in [3.63, 3.8) is 0 Å². The standard InChI is InChI=1S/C19H25N3O3/c1-13(2)12-16(19(25)21-10-8-20(3)9-11-21)22-17(23)14-6-4-5-7-15(14)18(22)24/h4-7,13,16H,8-12H2,1-3H3/t16-/m0/s1. The van der Waals surface area contributed by atoms with Crippen molar-refractivity contribution in [2.24, 2.45) is 5.92 Å². The fourth-order valence-corrected chi connectivity index (χ4v) is 3.49. The molecule has 2 heterocycles. The number of benzene rings is 1. The van der Waals surface area contributed by atoms with Crippen molar-refractivity contribution < 1.29 is 14.4 Å². The van der Waals surface area contributed by atoms with Crippen molar-refractivity contribution in [2.45, 2.75) is 26.3 Å². The number of carbonyl (C=O) groups excluding carboxylic acids is 3. The molecule has 1 fully saturated rings. The zero-order valence-corrected chi connectivity index (χ0v) is 15.1. The Morgan fingerprint density at radius 2 is 1.52 bits per heavy atom. The molecule has 134 valence electrons. The molecule has 3 amide bonds. The molecule has 0 aliphatic carbocycles. The third-order valence-electron chi connectivity index (χ3n) is 4.93. The average molecular weight is 343 g/mol. The van der Waals surface area contributed by atoms with Crippen LogP contribution < -0.4 is 0 Å². The van der Waals surface area contributed by atoms with E-state index in [1.54, 1.807) is 29.2 Å². The molecule has 6 heteroatoms. The Morgan fingerprint density at radius 1 is 1.00 bits per heavy atom. The van der Waals surface area contributed by atoms with Gasteiger partial charge < -0.3 is 9.80 Å². The predicted molar refractivity (Wildman–Crippen MR) is 94.3 cm³/mol. The zero-order chi connectivity index (χ0) is 18.1. The number of fused-ring (bicyclic) bond motifs is 1. The van der Waals surface area contributed by atoms with Gasteiger partial charge in [0.2, 0.25) is 5.91 Å². The van der Waals surface area contributed by atoms with E-state index in [0.29, 0.717) is 30.6 Å². The molecule has 1 aromatic rings. The summed E-state index contributed by atoms with van der Waals surface area (Å²) < 4.78 is 0. The summed E-state index contributed by atoms with van der Waals surface area (Å²) in [6.45, 7) is 6.88. The van der Waals surface area contributed by atoms with Crippen molar-refractivity contribution in [3.8, 4) is 0 Å². The fourth-order valence-electron chi connectivity index (χ4n) is 3.49. The number of rotatable bonds is 4. The first-order valence-corrected chi connectivity index (χ1v) is 8.84. The highest BCUT2D eigenvalue weighted by Crippen LogP contribution is 2.28. The van der Waals surface area contributed by atoms with Gasteiger partial charge in [-0.25, -0.2) is 0 Å². The van der Waals surface area contributed by atoms with Gasteiger partial charge in [0.05, 0.1) is 11.1 Å². The Labute approximate surface area is 148 Å². The highest BCUT2D eigenvalue weighted by molar-refractivity contribution is 6.22. The molecule has 0 saturated carbocycles. The number of likely N-dealkylation sites (N-methyl/N-ethyl adjacent to an activating group) is 1. The second-order valence-electron chi connectivity index (χ2n) is 7.30. The number of amides is 3. The lowest BCUT2D eigenvalue weighted by Gasteiger charge is -2.37. The molecule has 0 bridgehead atoms. The molecule has 0 aromatic heterocycles. The molecule has 1 atom stereocenters. The van der Waals surface area contributed by atoms with Gasteiger partial charge in [-0.15, -0.1) is 0 Å². The van der Waals surface area contributed by atoms with Crippen LogP contribution in [0.2, 0.25) is 0 Å². The molecule has 0 N–H and O–H groups in total. The van der Waals surface area contributed by atoms with Gasteiger partial charge >= 0.3 is 0 Å². The third kappa shape index (κ3) is 3.31. The van der Waals surface area contributed by atoms with E-state index in [-0.39, 0.29) is 23.6 Å². The van der Waals surface area contributed by atoms with E-state index in [0.717, 1.165) is 13.1 Å². The maximum Gasteiger partial charge on any atom is 0.262 e. The average Bonchev–Trinajstić information content (AvgIpc) is 2.84. The van der Waals surface area contributed by atoms with Crippen LogP contribution >= 0.6 is 0 Å². The van der Waals surface area contributed by atoms with Gasteiger partial charge in [0.15, 0.2) is 0 Å². The van der Waals surface area contributed by atoms with Gasteiger partial charge in [0, 0.05) is 26.2 Å². The van der Waals surface area contributed by atoms with Crippen LogP contribution in [0.3, 0.4) is 0 Å². The second-order valence-corrected chi connectivity index (χ2v) is 7.30. The fraction of sp³-hybridized carbons (Fsp3) is 0.526. The maximum atomic E-state index is 13.1. The molecule has 2 aliphatic rings. The number of piperazine rings is 1. The molecule has 1 aromatic carbocycles. The van der Waals surface area contributed by atoms with Crippen LogP contribution in [0.4, 0.5) is 0 Å². The minimum atomic E-state index is -0.726. The van der Waals surface area contributed by atoms with Gasteiger partial charge in [-0.3, -0.25) is 19.3 Å². The van der Waals surface area contributed by atoms with Gasteiger partial charge in [-0.1, -0.05) is 26.0 Å². The first-order valence-electron chi connectivity index (χ1n) is 8.84. The number of imide groups is 1. The highest BCUT2D eigenvalue weighted by atomic mass is 16.2. The van der Waals surface area contributed by atoms with E-state index in [9.17, 15) is 14.4 Å². The molecule has 0 radical (unpaired) electrons. The van der Waals surface area contributed by atoms with Crippen LogP contribution in [-0.4, -0.2) is 71.7 Å². The van der Waals surface area contributed by atoms with Crippen LogP contribution in [0.15, 0.2) is 24.3 Å². The van der Waals surface area contributed by atoms with Crippen LogP contribution in [0.25, 0.3) is 0 Å². The number of carbonyl (C=O) groups is 3. The molecule has 25 heavy (non-hydrogen) atoms. The summed E-state index contributed by atoms with van der Waals surface area (Å²) in [4.78, 5) is 43.9. The Morgan fingerprint density at radius 3 is 2.00 bits per heavy atom. The Hall–Kier alpha value is -2.21. The SMILES string of the molecule is CC(C)C[C@@H](C(=O)N1CCN(C)CC1)N1C(=O)c2ccccc2C1=O. The lowest BCUT2D eigenvalue weighted by atomic mass is 10.0. The van der Waals surface area contributed by atoms with Crippen molar-refractivity contribution in [2.75, 3.05) is 33.2 Å². The van der Waals surface area contributed by atoms with Gasteiger partial charge in [-0.2, -0.15) is 0 Å². The topological polar surface area (TPSA) is 60.9 Å². The summed E-state index contributed by atoms with van der Waals surface area (Å²) in [5.74, 6) is -0.621. The lowest BCUT2D eigenvalue weighted by molar-refractivity contribution is -0.137. The summed E-state index contributed by atoms with van der Waals surface area (Å²) in [5.41, 5.74) is 0.792. The molecular formula is C19H25N3O3. The maximum absolute atomic E-state index is 13.1. The molecule has 0 spiro atoms. The van der Waals surface area contributed by atoms with Gasteiger partial charge in [0.1, 0.15) is 6.04 Å². The predicted octanol–water partition coefficient (Wildman–Crippen LogP) is 1.47. The van der Waals surface area contributed by atoms with E-state index in [1.165, 1.54) is 4.90 Å². The minimum absolute atomic E-state index is 0.115. The summed E-state index contributed by atoms with van der Waals surface area (Å²) in [7, 11) is 2.03. The van der Waals surface area contributed by atoms with Gasteiger partial charge in [0.25, 0.3) is 11.8 Å². The zero-order valence-electron chi connectivity index (χ0n) is 15.1. The molecule has 2 aliphatic heterocycles. The van der Waals surface area contributed by atoms with E-state index in [1.807, 2.05) is 20.9 Å². The Balaban J connectivity index is 1.88. The van der Waals surface area contributed by atoms with Crippen LogP contribution in [-0.2, 0) is 4.79 Å². The Kier molecular flexibility index (Phi) is 4.90. The Bertz CT molecular complexity index is 658. The van der Waals surface area contributed by atoms with E-state index in [2.05, 4.69) is 4.90 Å². The molecule has 6 nitrogen and oxygen atoms in total. The highest BCUT2D eigenvalue weighted by Gasteiger charge is 2.44. The van der Waals surface area contributed by atoms with E-state index in [4.69, 9.17) is 0 Å². The quantitative estimate of drug-likeness (QED) is 0.777. The van der Waals surface area contributed by atoms with Crippen molar-refractivity contribution in [1.29, 1.82) is 0 Å². The van der Waals surface area contributed by atoms with Crippen molar-refractivity contribution in [3.05, 3.63) is 35.4 Å². The lowest BCUT2D eigenvalue weighted by Crippen LogP contribution is -2.55. The van der Waals surface area contributed by atoms with Gasteiger partial charge in [-0.05, 0) is 31.5 Å². The second kappa shape index (κ2) is 6.96. The number of nitrogens with zero attached hydrogens (tertiary/aromatic N) is 3. The van der Waals surface area contributed by atoms with Crippen LogP contribution in [0.5, 0.6) is 0 Å². The number of hydrogen-bond acceptors (Lipinski definition) is 4. The minimum Gasteiger partial charge on any atom is -0.338 e. The summed E-state index contributed by atoms with van der Waals surface area (Å²) in [5, 5.41) is 0. The third-order valence-corrected chi connectivity index (χ3v) is 4.93. The van der Waals surface area contributed by atoms with E-state index < -0.39 is 6.04 Å². The monoisotopic (exact) mass is 343 g/mol. The summed E-state index contributed by atoms with van der Waals surface area (Å²) in [6.07, 6.45) is 0.483. The van der Waals surface area contributed by atoms with Crippen LogP contribution in [0.1, 0.15) is 41.0 Å². The van der Waals surface area contributed by atoms with Crippen LogP contribution in [0, 0.1) is 5.92 Å². The molecule has 1 saturated heterocycles. The van der Waals surface area contributed by atoms with Crippen molar-refractivity contribution in [1.82, 2.24) is 14.7 Å². The normalized spacial score (nSPS) is 19.5. The first-order chi connectivity index (χ1) is 11.9. The van der Waals surface area contributed by atoms with E-state index >= 15 is 0 Å². The summed E-state index contributed by atoms with van der Waals surface area (Å²) in [6, 6.07) is 6.07. The van der Waals surface area contributed by atoms with Crippen molar-refractivity contribution >= 4 is 17.7 Å². The molecule has 0 unspecified atom stereocenters. The smallest absolute Gasteiger partial charge is 0.262 e. The summed E-state index contributed by atoms with van der Waals surface area (Å²) >= 11 is 0. The molecular weight excluding hydrogens is 318 g/mol. The largest absolute Gasteiger partial charge is 0.338 e.